The second kappa shape index (κ2) is 6.78. The second-order valence-corrected chi connectivity index (χ2v) is 5.58. The molecule has 0 bridgehead atoms. The van der Waals surface area contributed by atoms with Gasteiger partial charge in [-0.3, -0.25) is 4.79 Å². The standard InChI is InChI=1S/C13H19NO3S/c1-10-3-5-11(6-4-10)18-7-12(16)14-8-13(2,17)9-15/h3-6,15,17H,7-9H2,1-2H3,(H,14,16). The summed E-state index contributed by atoms with van der Waals surface area (Å²) in [7, 11) is 0. The molecule has 1 amide bonds. The van der Waals surface area contributed by atoms with Gasteiger partial charge in [0.05, 0.1) is 12.4 Å². The number of amides is 1. The zero-order valence-electron chi connectivity index (χ0n) is 10.6. The van der Waals surface area contributed by atoms with Gasteiger partial charge in [-0.15, -0.1) is 11.8 Å². The Morgan fingerprint density at radius 2 is 2.00 bits per heavy atom. The van der Waals surface area contributed by atoms with Crippen LogP contribution in [0.25, 0.3) is 0 Å². The third kappa shape index (κ3) is 5.53. The molecule has 0 saturated carbocycles. The maximum absolute atomic E-state index is 11.5. The third-order valence-electron chi connectivity index (χ3n) is 2.40. The molecule has 0 spiro atoms. The van der Waals surface area contributed by atoms with E-state index in [4.69, 9.17) is 5.11 Å². The van der Waals surface area contributed by atoms with Crippen LogP contribution in [0.5, 0.6) is 0 Å². The number of benzene rings is 1. The van der Waals surface area contributed by atoms with Gasteiger partial charge in [0, 0.05) is 11.4 Å². The first-order valence-electron chi connectivity index (χ1n) is 5.72. The first-order valence-corrected chi connectivity index (χ1v) is 6.71. The molecular formula is C13H19NO3S. The molecule has 3 N–H and O–H groups in total. The molecule has 5 heteroatoms. The van der Waals surface area contributed by atoms with E-state index in [0.29, 0.717) is 5.75 Å². The molecule has 0 saturated heterocycles. The summed E-state index contributed by atoms with van der Waals surface area (Å²) in [5.74, 6) is 0.138. The van der Waals surface area contributed by atoms with Crippen molar-refractivity contribution in [2.75, 3.05) is 18.9 Å². The minimum absolute atomic E-state index is 0.0524. The number of hydrogen-bond acceptors (Lipinski definition) is 4. The molecule has 100 valence electrons. The molecule has 0 aromatic heterocycles. The fourth-order valence-electron chi connectivity index (χ4n) is 1.18. The van der Waals surface area contributed by atoms with E-state index in [9.17, 15) is 9.90 Å². The van der Waals surface area contributed by atoms with Crippen LogP contribution in [0.15, 0.2) is 29.2 Å². The summed E-state index contributed by atoms with van der Waals surface area (Å²) in [5.41, 5.74) is -0.0766. The van der Waals surface area contributed by atoms with Gasteiger partial charge in [0.15, 0.2) is 0 Å². The zero-order chi connectivity index (χ0) is 13.6. The molecule has 0 aliphatic heterocycles. The minimum Gasteiger partial charge on any atom is -0.393 e. The lowest BCUT2D eigenvalue weighted by molar-refractivity contribution is -0.120. The smallest absolute Gasteiger partial charge is 0.230 e. The monoisotopic (exact) mass is 269 g/mol. The first kappa shape index (κ1) is 15.0. The van der Waals surface area contributed by atoms with Gasteiger partial charge in [-0.1, -0.05) is 17.7 Å². The summed E-state index contributed by atoms with van der Waals surface area (Å²) in [6, 6.07) is 7.93. The lowest BCUT2D eigenvalue weighted by Gasteiger charge is -2.20. The van der Waals surface area contributed by atoms with E-state index < -0.39 is 5.60 Å². The van der Waals surface area contributed by atoms with Crippen LogP contribution >= 0.6 is 11.8 Å². The van der Waals surface area contributed by atoms with Crippen molar-refractivity contribution in [2.45, 2.75) is 24.3 Å². The predicted molar refractivity (Wildman–Crippen MR) is 72.6 cm³/mol. The number of carbonyl (C=O) groups excluding carboxylic acids is 1. The molecule has 1 unspecified atom stereocenters. The van der Waals surface area contributed by atoms with Gasteiger partial charge < -0.3 is 15.5 Å². The average molecular weight is 269 g/mol. The highest BCUT2D eigenvalue weighted by Gasteiger charge is 2.19. The third-order valence-corrected chi connectivity index (χ3v) is 3.41. The summed E-state index contributed by atoms with van der Waals surface area (Å²) in [6.07, 6.45) is 0. The van der Waals surface area contributed by atoms with Gasteiger partial charge in [0.25, 0.3) is 0 Å². The SMILES string of the molecule is Cc1ccc(SCC(=O)NCC(C)(O)CO)cc1. The molecule has 1 rings (SSSR count). The fourth-order valence-corrected chi connectivity index (χ4v) is 1.91. The Balaban J connectivity index is 2.31. The molecule has 0 heterocycles. The maximum Gasteiger partial charge on any atom is 0.230 e. The maximum atomic E-state index is 11.5. The number of aryl methyl sites for hydroxylation is 1. The Morgan fingerprint density at radius 3 is 2.56 bits per heavy atom. The van der Waals surface area contributed by atoms with Crippen molar-refractivity contribution in [1.82, 2.24) is 5.32 Å². The molecule has 0 fully saturated rings. The van der Waals surface area contributed by atoms with Crippen LogP contribution in [0.2, 0.25) is 0 Å². The first-order chi connectivity index (χ1) is 8.43. The van der Waals surface area contributed by atoms with Gasteiger partial charge in [-0.2, -0.15) is 0 Å². The summed E-state index contributed by atoms with van der Waals surface area (Å²) in [4.78, 5) is 12.6. The molecule has 1 aromatic rings. The van der Waals surface area contributed by atoms with Crippen molar-refractivity contribution < 1.29 is 15.0 Å². The normalized spacial score (nSPS) is 14.0. The highest BCUT2D eigenvalue weighted by Crippen LogP contribution is 2.17. The summed E-state index contributed by atoms with van der Waals surface area (Å²) in [5, 5.41) is 20.9. The van der Waals surface area contributed by atoms with Crippen molar-refractivity contribution >= 4 is 17.7 Å². The predicted octanol–water partition coefficient (Wildman–Crippen LogP) is 0.947. The highest BCUT2D eigenvalue weighted by molar-refractivity contribution is 8.00. The van der Waals surface area contributed by atoms with Crippen LogP contribution in [0.3, 0.4) is 0 Å². The lowest BCUT2D eigenvalue weighted by Crippen LogP contribution is -2.43. The van der Waals surface area contributed by atoms with E-state index in [1.54, 1.807) is 0 Å². The van der Waals surface area contributed by atoms with E-state index in [1.807, 2.05) is 31.2 Å². The second-order valence-electron chi connectivity index (χ2n) is 4.53. The van der Waals surface area contributed by atoms with E-state index in [-0.39, 0.29) is 19.1 Å². The van der Waals surface area contributed by atoms with Crippen molar-refractivity contribution in [3.8, 4) is 0 Å². The van der Waals surface area contributed by atoms with Crippen LogP contribution in [-0.2, 0) is 4.79 Å². The molecule has 0 radical (unpaired) electrons. The van der Waals surface area contributed by atoms with Crippen LogP contribution in [0.4, 0.5) is 0 Å². The van der Waals surface area contributed by atoms with Crippen molar-refractivity contribution in [3.05, 3.63) is 29.8 Å². The van der Waals surface area contributed by atoms with Gasteiger partial charge in [-0.05, 0) is 26.0 Å². The summed E-state index contributed by atoms with van der Waals surface area (Å²) >= 11 is 1.44. The molecule has 0 aliphatic rings. The van der Waals surface area contributed by atoms with Gasteiger partial charge in [-0.25, -0.2) is 0 Å². The fraction of sp³-hybridized carbons (Fsp3) is 0.462. The number of aliphatic hydroxyl groups excluding tert-OH is 1. The zero-order valence-corrected chi connectivity index (χ0v) is 11.5. The number of rotatable bonds is 6. The number of aliphatic hydroxyl groups is 2. The van der Waals surface area contributed by atoms with Crippen molar-refractivity contribution in [3.63, 3.8) is 0 Å². The number of hydrogen-bond donors (Lipinski definition) is 3. The number of thioether (sulfide) groups is 1. The quantitative estimate of drug-likeness (QED) is 0.672. The topological polar surface area (TPSA) is 69.6 Å². The molecule has 1 aromatic carbocycles. The Morgan fingerprint density at radius 1 is 1.39 bits per heavy atom. The summed E-state index contributed by atoms with van der Waals surface area (Å²) < 4.78 is 0. The Kier molecular flexibility index (Phi) is 5.65. The van der Waals surface area contributed by atoms with Crippen LogP contribution < -0.4 is 5.32 Å². The minimum atomic E-state index is -1.26. The Labute approximate surface area is 111 Å². The van der Waals surface area contributed by atoms with Crippen LogP contribution in [0, 0.1) is 6.92 Å². The molecule has 0 aliphatic carbocycles. The van der Waals surface area contributed by atoms with Gasteiger partial charge in [0.1, 0.15) is 5.60 Å². The van der Waals surface area contributed by atoms with E-state index >= 15 is 0 Å². The Hall–Kier alpha value is -1.04. The molecule has 4 nitrogen and oxygen atoms in total. The largest absolute Gasteiger partial charge is 0.393 e. The van der Waals surface area contributed by atoms with Gasteiger partial charge in [0.2, 0.25) is 5.91 Å². The Bertz CT molecular complexity index is 390. The number of nitrogens with one attached hydrogen (secondary N) is 1. The van der Waals surface area contributed by atoms with Crippen molar-refractivity contribution in [1.29, 1.82) is 0 Å². The van der Waals surface area contributed by atoms with Gasteiger partial charge >= 0.3 is 0 Å². The van der Waals surface area contributed by atoms with Crippen LogP contribution in [0.1, 0.15) is 12.5 Å². The molecule has 1 atom stereocenters. The number of carbonyl (C=O) groups is 1. The van der Waals surface area contributed by atoms with E-state index in [2.05, 4.69) is 5.32 Å². The van der Waals surface area contributed by atoms with Crippen molar-refractivity contribution in [2.24, 2.45) is 0 Å². The summed E-state index contributed by atoms with van der Waals surface area (Å²) in [6.45, 7) is 3.16. The molecule has 18 heavy (non-hydrogen) atoms. The average Bonchev–Trinajstić information content (AvgIpc) is 2.36. The van der Waals surface area contributed by atoms with Crippen LogP contribution in [-0.4, -0.2) is 40.6 Å². The van der Waals surface area contributed by atoms with E-state index in [0.717, 1.165) is 4.90 Å². The highest BCUT2D eigenvalue weighted by atomic mass is 32.2. The molecular weight excluding hydrogens is 250 g/mol. The van der Waals surface area contributed by atoms with E-state index in [1.165, 1.54) is 24.2 Å². The lowest BCUT2D eigenvalue weighted by atomic mass is 10.1.